The Labute approximate surface area is 165 Å². The lowest BCUT2D eigenvalue weighted by Crippen LogP contribution is -2.13. The highest BCUT2D eigenvalue weighted by Gasteiger charge is 2.30. The molecule has 0 saturated heterocycles. The Morgan fingerprint density at radius 1 is 1.11 bits per heavy atom. The molecule has 0 unspecified atom stereocenters. The molecule has 146 valence electrons. The third-order valence-corrected chi connectivity index (χ3v) is 4.89. The number of nitrogens with two attached hydrogens (primary N) is 1. The van der Waals surface area contributed by atoms with Gasteiger partial charge in [-0.2, -0.15) is 13.2 Å². The molecule has 3 aromatic rings. The summed E-state index contributed by atoms with van der Waals surface area (Å²) in [6.45, 7) is 2.29. The second kappa shape index (κ2) is 7.72. The Kier molecular flexibility index (Phi) is 5.52. The zero-order valence-electron chi connectivity index (χ0n) is 15.1. The summed E-state index contributed by atoms with van der Waals surface area (Å²) >= 11 is 6.02. The highest BCUT2D eigenvalue weighted by Crippen LogP contribution is 2.32. The predicted octanol–water partition coefficient (Wildman–Crippen LogP) is 5.48. The van der Waals surface area contributed by atoms with Gasteiger partial charge >= 0.3 is 6.18 Å². The lowest BCUT2D eigenvalue weighted by atomic mass is 10.1. The van der Waals surface area contributed by atoms with Gasteiger partial charge in [0.25, 0.3) is 5.91 Å². The number of nitrogens with zero attached hydrogens (tertiary/aromatic N) is 1. The van der Waals surface area contributed by atoms with Crippen molar-refractivity contribution >= 4 is 17.5 Å². The number of rotatable bonds is 5. The van der Waals surface area contributed by atoms with Gasteiger partial charge in [0.1, 0.15) is 0 Å². The van der Waals surface area contributed by atoms with E-state index in [0.29, 0.717) is 40.5 Å². The third-order valence-electron chi connectivity index (χ3n) is 4.65. The summed E-state index contributed by atoms with van der Waals surface area (Å²) in [4.78, 5) is 11.8. The van der Waals surface area contributed by atoms with Gasteiger partial charge in [-0.1, -0.05) is 35.9 Å². The lowest BCUT2D eigenvalue weighted by molar-refractivity contribution is -0.137. The van der Waals surface area contributed by atoms with E-state index in [4.69, 9.17) is 17.3 Å². The van der Waals surface area contributed by atoms with Crippen LogP contribution >= 0.6 is 11.6 Å². The van der Waals surface area contributed by atoms with Crippen molar-refractivity contribution in [1.29, 1.82) is 0 Å². The van der Waals surface area contributed by atoms with Gasteiger partial charge in [0.2, 0.25) is 0 Å². The Hall–Kier alpha value is -2.73. The van der Waals surface area contributed by atoms with E-state index in [1.54, 1.807) is 19.1 Å². The Bertz CT molecular complexity index is 1010. The summed E-state index contributed by atoms with van der Waals surface area (Å²) in [7, 11) is 0. The molecule has 0 atom stereocenters. The maximum absolute atomic E-state index is 12.8. The van der Waals surface area contributed by atoms with Crippen molar-refractivity contribution in [3.05, 3.63) is 82.0 Å². The SMILES string of the molecule is Cc1c(C(N)=O)cc(-c2ccc(C(F)(F)F)cc2)n1CCc1cccc(Cl)c1. The van der Waals surface area contributed by atoms with Crippen LogP contribution in [-0.2, 0) is 19.1 Å². The number of aromatic nitrogens is 1. The van der Waals surface area contributed by atoms with E-state index in [1.165, 1.54) is 12.1 Å². The Morgan fingerprint density at radius 3 is 2.36 bits per heavy atom. The Balaban J connectivity index is 1.98. The summed E-state index contributed by atoms with van der Waals surface area (Å²) < 4.78 is 40.4. The van der Waals surface area contributed by atoms with Crippen LogP contribution in [0.3, 0.4) is 0 Å². The number of alkyl halides is 3. The van der Waals surface area contributed by atoms with Crippen molar-refractivity contribution in [3.8, 4) is 11.3 Å². The van der Waals surface area contributed by atoms with E-state index < -0.39 is 17.6 Å². The van der Waals surface area contributed by atoms with Crippen molar-refractivity contribution in [2.75, 3.05) is 0 Å². The summed E-state index contributed by atoms with van der Waals surface area (Å²) in [6.07, 6.45) is -3.76. The fourth-order valence-electron chi connectivity index (χ4n) is 3.19. The number of benzene rings is 2. The van der Waals surface area contributed by atoms with Crippen molar-refractivity contribution in [1.82, 2.24) is 4.57 Å². The van der Waals surface area contributed by atoms with Gasteiger partial charge < -0.3 is 10.3 Å². The van der Waals surface area contributed by atoms with Crippen LogP contribution in [0.5, 0.6) is 0 Å². The van der Waals surface area contributed by atoms with Crippen LogP contribution in [0.25, 0.3) is 11.3 Å². The molecule has 1 heterocycles. The minimum Gasteiger partial charge on any atom is -0.366 e. The van der Waals surface area contributed by atoms with Gasteiger partial charge in [-0.25, -0.2) is 0 Å². The first-order chi connectivity index (χ1) is 13.2. The number of carbonyl (C=O) groups excluding carboxylic acids is 1. The molecule has 0 saturated carbocycles. The number of carbonyl (C=O) groups is 1. The topological polar surface area (TPSA) is 48.0 Å². The van der Waals surface area contributed by atoms with E-state index >= 15 is 0 Å². The van der Waals surface area contributed by atoms with E-state index in [0.717, 1.165) is 17.7 Å². The van der Waals surface area contributed by atoms with Gasteiger partial charge in [0.15, 0.2) is 0 Å². The van der Waals surface area contributed by atoms with E-state index in [1.807, 2.05) is 22.8 Å². The van der Waals surface area contributed by atoms with Crippen LogP contribution in [0.4, 0.5) is 13.2 Å². The molecule has 28 heavy (non-hydrogen) atoms. The van der Waals surface area contributed by atoms with Crippen molar-refractivity contribution in [2.24, 2.45) is 5.73 Å². The van der Waals surface area contributed by atoms with E-state index in [-0.39, 0.29) is 0 Å². The second-order valence-electron chi connectivity index (χ2n) is 6.50. The van der Waals surface area contributed by atoms with Crippen LogP contribution in [0, 0.1) is 6.92 Å². The summed E-state index contributed by atoms with van der Waals surface area (Å²) in [5.74, 6) is -0.577. The number of hydrogen-bond acceptors (Lipinski definition) is 1. The summed E-state index contributed by atoms with van der Waals surface area (Å²) in [6, 6.07) is 13.9. The molecule has 3 rings (SSSR count). The average molecular weight is 407 g/mol. The van der Waals surface area contributed by atoms with Crippen LogP contribution in [-0.4, -0.2) is 10.5 Å². The molecule has 0 aliphatic heterocycles. The standard InChI is InChI=1S/C21H18ClF3N2O/c1-13-18(20(26)28)12-19(15-5-7-16(8-6-15)21(23,24)25)27(13)10-9-14-3-2-4-17(22)11-14/h2-8,11-12H,9-10H2,1H3,(H2,26,28). The Morgan fingerprint density at radius 2 is 1.79 bits per heavy atom. The molecule has 1 aromatic heterocycles. The van der Waals surface area contributed by atoms with Crippen molar-refractivity contribution < 1.29 is 18.0 Å². The predicted molar refractivity (Wildman–Crippen MR) is 103 cm³/mol. The smallest absolute Gasteiger partial charge is 0.366 e. The van der Waals surface area contributed by atoms with Crippen LogP contribution in [0.1, 0.15) is 27.2 Å². The third kappa shape index (κ3) is 4.22. The first kappa shape index (κ1) is 20.0. The molecule has 0 aliphatic rings. The average Bonchev–Trinajstić information content (AvgIpc) is 2.96. The van der Waals surface area contributed by atoms with Crippen LogP contribution in [0.15, 0.2) is 54.6 Å². The maximum atomic E-state index is 12.8. The van der Waals surface area contributed by atoms with Gasteiger partial charge in [-0.15, -0.1) is 0 Å². The molecular formula is C21H18ClF3N2O. The first-order valence-corrected chi connectivity index (χ1v) is 8.96. The molecule has 0 aliphatic carbocycles. The minimum atomic E-state index is -4.40. The molecule has 7 heteroatoms. The zero-order valence-corrected chi connectivity index (χ0v) is 15.8. The zero-order chi connectivity index (χ0) is 20.5. The second-order valence-corrected chi connectivity index (χ2v) is 6.94. The quantitative estimate of drug-likeness (QED) is 0.599. The number of hydrogen-bond donors (Lipinski definition) is 1. The van der Waals surface area contributed by atoms with Crippen LogP contribution < -0.4 is 5.73 Å². The summed E-state index contributed by atoms with van der Waals surface area (Å²) in [5.41, 5.74) is 7.99. The van der Waals surface area contributed by atoms with Gasteiger partial charge in [-0.05, 0) is 54.8 Å². The molecule has 3 nitrogen and oxygen atoms in total. The number of primary amides is 1. The van der Waals surface area contributed by atoms with E-state index in [9.17, 15) is 18.0 Å². The highest BCUT2D eigenvalue weighted by atomic mass is 35.5. The first-order valence-electron chi connectivity index (χ1n) is 8.59. The monoisotopic (exact) mass is 406 g/mol. The maximum Gasteiger partial charge on any atom is 0.416 e. The molecule has 2 N–H and O–H groups in total. The molecule has 0 fully saturated rings. The highest BCUT2D eigenvalue weighted by molar-refractivity contribution is 6.30. The fourth-order valence-corrected chi connectivity index (χ4v) is 3.40. The summed E-state index contributed by atoms with van der Waals surface area (Å²) in [5, 5.41) is 0.627. The molecule has 0 radical (unpaired) electrons. The van der Waals surface area contributed by atoms with E-state index in [2.05, 4.69) is 0 Å². The number of amides is 1. The lowest BCUT2D eigenvalue weighted by Gasteiger charge is -2.13. The van der Waals surface area contributed by atoms with Crippen molar-refractivity contribution in [2.45, 2.75) is 26.1 Å². The van der Waals surface area contributed by atoms with Crippen LogP contribution in [0.2, 0.25) is 5.02 Å². The number of aryl methyl sites for hydroxylation is 1. The van der Waals surface area contributed by atoms with Gasteiger partial charge in [0.05, 0.1) is 11.1 Å². The molecule has 0 spiro atoms. The van der Waals surface area contributed by atoms with Gasteiger partial charge in [-0.3, -0.25) is 4.79 Å². The molecule has 2 aromatic carbocycles. The molecule has 0 bridgehead atoms. The minimum absolute atomic E-state index is 0.348. The number of halogens is 4. The molecular weight excluding hydrogens is 389 g/mol. The fraction of sp³-hybridized carbons (Fsp3) is 0.190. The largest absolute Gasteiger partial charge is 0.416 e. The molecule has 1 amide bonds. The van der Waals surface area contributed by atoms with Crippen molar-refractivity contribution in [3.63, 3.8) is 0 Å². The van der Waals surface area contributed by atoms with Gasteiger partial charge in [0, 0.05) is 23.0 Å². The normalized spacial score (nSPS) is 11.6.